The van der Waals surface area contributed by atoms with Crippen LogP contribution >= 0.6 is 0 Å². The third kappa shape index (κ3) is 1.22. The van der Waals surface area contributed by atoms with E-state index in [1.165, 1.54) is 0 Å². The molecule has 13 heavy (non-hydrogen) atoms. The van der Waals surface area contributed by atoms with Gasteiger partial charge in [0.25, 0.3) is 0 Å². The SMILES string of the molecule is CCc1nc(N)n2nc(C)cc2n1. The third-order valence-corrected chi connectivity index (χ3v) is 1.83. The monoisotopic (exact) mass is 177 g/mol. The molecular formula is C8H11N5. The largest absolute Gasteiger partial charge is 0.368 e. The molecule has 5 nitrogen and oxygen atoms in total. The number of nitrogens with two attached hydrogens (primary N) is 1. The van der Waals surface area contributed by atoms with Crippen LogP contribution in [0.15, 0.2) is 6.07 Å². The highest BCUT2D eigenvalue weighted by Gasteiger charge is 2.05. The fourth-order valence-electron chi connectivity index (χ4n) is 1.23. The Hall–Kier alpha value is -1.65. The lowest BCUT2D eigenvalue weighted by Crippen LogP contribution is -2.06. The summed E-state index contributed by atoms with van der Waals surface area (Å²) in [5.74, 6) is 1.15. The van der Waals surface area contributed by atoms with E-state index in [2.05, 4.69) is 15.1 Å². The number of aryl methyl sites for hydroxylation is 2. The molecule has 0 saturated heterocycles. The van der Waals surface area contributed by atoms with Crippen molar-refractivity contribution in [2.24, 2.45) is 0 Å². The van der Waals surface area contributed by atoms with Gasteiger partial charge in [0.1, 0.15) is 5.82 Å². The first-order valence-electron chi connectivity index (χ1n) is 4.19. The Balaban J connectivity index is 2.75. The smallest absolute Gasteiger partial charge is 0.224 e. The van der Waals surface area contributed by atoms with Gasteiger partial charge in [-0.3, -0.25) is 0 Å². The second-order valence-electron chi connectivity index (χ2n) is 2.91. The molecule has 0 atom stereocenters. The second-order valence-corrected chi connectivity index (χ2v) is 2.91. The summed E-state index contributed by atoms with van der Waals surface area (Å²) in [5.41, 5.74) is 7.36. The maximum absolute atomic E-state index is 5.70. The Morgan fingerprint density at radius 1 is 1.46 bits per heavy atom. The molecule has 2 rings (SSSR count). The minimum absolute atomic E-state index is 0.398. The first-order valence-corrected chi connectivity index (χ1v) is 4.19. The Kier molecular flexibility index (Phi) is 1.65. The van der Waals surface area contributed by atoms with E-state index in [0.717, 1.165) is 23.6 Å². The van der Waals surface area contributed by atoms with E-state index in [4.69, 9.17) is 5.73 Å². The molecule has 0 aliphatic heterocycles. The van der Waals surface area contributed by atoms with Crippen LogP contribution < -0.4 is 5.73 Å². The average Bonchev–Trinajstić information content (AvgIpc) is 2.46. The van der Waals surface area contributed by atoms with Gasteiger partial charge in [0.15, 0.2) is 5.65 Å². The third-order valence-electron chi connectivity index (χ3n) is 1.83. The van der Waals surface area contributed by atoms with Gasteiger partial charge in [0, 0.05) is 12.5 Å². The first kappa shape index (κ1) is 7.97. The highest BCUT2D eigenvalue weighted by Crippen LogP contribution is 2.07. The normalized spacial score (nSPS) is 10.9. The van der Waals surface area contributed by atoms with E-state index in [1.807, 2.05) is 19.9 Å². The average molecular weight is 177 g/mol. The van der Waals surface area contributed by atoms with Crippen molar-refractivity contribution >= 4 is 11.6 Å². The summed E-state index contributed by atoms with van der Waals surface area (Å²) in [6.07, 6.45) is 0.783. The van der Waals surface area contributed by atoms with Gasteiger partial charge in [-0.15, -0.1) is 0 Å². The van der Waals surface area contributed by atoms with Crippen LogP contribution in [0.1, 0.15) is 18.4 Å². The summed E-state index contributed by atoms with van der Waals surface area (Å²) >= 11 is 0. The van der Waals surface area contributed by atoms with Crippen molar-refractivity contribution in [3.05, 3.63) is 17.6 Å². The zero-order chi connectivity index (χ0) is 9.42. The highest BCUT2D eigenvalue weighted by molar-refractivity contribution is 5.43. The molecular weight excluding hydrogens is 166 g/mol. The van der Waals surface area contributed by atoms with Gasteiger partial charge in [0.05, 0.1) is 5.69 Å². The molecule has 2 N–H and O–H groups in total. The lowest BCUT2D eigenvalue weighted by molar-refractivity contribution is 0.847. The molecule has 5 heteroatoms. The molecule has 0 aliphatic rings. The minimum Gasteiger partial charge on any atom is -0.368 e. The molecule has 2 heterocycles. The number of hydrogen-bond donors (Lipinski definition) is 1. The van der Waals surface area contributed by atoms with E-state index < -0.39 is 0 Å². The Bertz CT molecular complexity index is 445. The van der Waals surface area contributed by atoms with Crippen LogP contribution in [0.25, 0.3) is 5.65 Å². The Morgan fingerprint density at radius 2 is 2.23 bits per heavy atom. The van der Waals surface area contributed by atoms with E-state index >= 15 is 0 Å². The Morgan fingerprint density at radius 3 is 2.92 bits per heavy atom. The van der Waals surface area contributed by atoms with Crippen molar-refractivity contribution in [2.45, 2.75) is 20.3 Å². The zero-order valence-electron chi connectivity index (χ0n) is 7.65. The van der Waals surface area contributed by atoms with Crippen molar-refractivity contribution in [2.75, 3.05) is 5.73 Å². The number of nitrogens with zero attached hydrogens (tertiary/aromatic N) is 4. The summed E-state index contributed by atoms with van der Waals surface area (Å²) in [4.78, 5) is 8.38. The topological polar surface area (TPSA) is 69.1 Å². The van der Waals surface area contributed by atoms with Gasteiger partial charge < -0.3 is 5.73 Å². The summed E-state index contributed by atoms with van der Waals surface area (Å²) in [6.45, 7) is 3.90. The first-order chi connectivity index (χ1) is 6.20. The van der Waals surface area contributed by atoms with Crippen LogP contribution in [-0.2, 0) is 6.42 Å². The van der Waals surface area contributed by atoms with Crippen molar-refractivity contribution in [1.29, 1.82) is 0 Å². The second kappa shape index (κ2) is 2.69. The van der Waals surface area contributed by atoms with Gasteiger partial charge in [-0.05, 0) is 6.92 Å². The fraction of sp³-hybridized carbons (Fsp3) is 0.375. The van der Waals surface area contributed by atoms with Gasteiger partial charge in [-0.25, -0.2) is 4.98 Å². The van der Waals surface area contributed by atoms with E-state index in [9.17, 15) is 0 Å². The molecule has 0 aromatic carbocycles. The predicted octanol–water partition coefficient (Wildman–Crippen LogP) is 0.577. The number of nitrogen functional groups attached to an aromatic ring is 1. The number of fused-ring (bicyclic) bond motifs is 1. The maximum Gasteiger partial charge on any atom is 0.224 e. The number of rotatable bonds is 1. The molecule has 0 fully saturated rings. The Labute approximate surface area is 75.6 Å². The molecule has 0 unspecified atom stereocenters. The quantitative estimate of drug-likeness (QED) is 0.691. The summed E-state index contributed by atoms with van der Waals surface area (Å²) < 4.78 is 1.55. The molecule has 68 valence electrons. The van der Waals surface area contributed by atoms with Crippen LogP contribution in [0.2, 0.25) is 0 Å². The van der Waals surface area contributed by atoms with Crippen LogP contribution in [0.4, 0.5) is 5.95 Å². The van der Waals surface area contributed by atoms with Crippen molar-refractivity contribution < 1.29 is 0 Å². The lowest BCUT2D eigenvalue weighted by atomic mass is 10.4. The van der Waals surface area contributed by atoms with Crippen molar-refractivity contribution in [3.8, 4) is 0 Å². The summed E-state index contributed by atoms with van der Waals surface area (Å²) in [5, 5.41) is 4.15. The van der Waals surface area contributed by atoms with E-state index in [0.29, 0.717) is 5.95 Å². The van der Waals surface area contributed by atoms with Crippen LogP contribution in [0, 0.1) is 6.92 Å². The van der Waals surface area contributed by atoms with Gasteiger partial charge in [-0.2, -0.15) is 14.6 Å². The molecule has 0 radical (unpaired) electrons. The number of anilines is 1. The highest BCUT2D eigenvalue weighted by atomic mass is 15.3. The molecule has 0 saturated carbocycles. The van der Waals surface area contributed by atoms with Crippen molar-refractivity contribution in [1.82, 2.24) is 19.6 Å². The van der Waals surface area contributed by atoms with Crippen LogP contribution in [0.5, 0.6) is 0 Å². The van der Waals surface area contributed by atoms with Crippen LogP contribution in [0.3, 0.4) is 0 Å². The summed E-state index contributed by atoms with van der Waals surface area (Å²) in [7, 11) is 0. The zero-order valence-corrected chi connectivity index (χ0v) is 7.65. The molecule has 2 aromatic rings. The number of aromatic nitrogens is 4. The van der Waals surface area contributed by atoms with E-state index in [-0.39, 0.29) is 0 Å². The maximum atomic E-state index is 5.70. The van der Waals surface area contributed by atoms with E-state index in [1.54, 1.807) is 4.52 Å². The molecule has 0 amide bonds. The standard InChI is InChI=1S/C8H11N5/c1-3-6-10-7-4-5(2)12-13(7)8(9)11-6/h4H,3H2,1-2H3,(H2,9,10,11). The summed E-state index contributed by atoms with van der Waals surface area (Å²) in [6, 6.07) is 1.89. The van der Waals surface area contributed by atoms with Crippen molar-refractivity contribution in [3.63, 3.8) is 0 Å². The van der Waals surface area contributed by atoms with Gasteiger partial charge in [0.2, 0.25) is 5.95 Å². The fourth-order valence-corrected chi connectivity index (χ4v) is 1.23. The predicted molar refractivity (Wildman–Crippen MR) is 49.3 cm³/mol. The molecule has 0 spiro atoms. The van der Waals surface area contributed by atoms with Gasteiger partial charge >= 0.3 is 0 Å². The molecule has 2 aromatic heterocycles. The van der Waals surface area contributed by atoms with Gasteiger partial charge in [-0.1, -0.05) is 6.92 Å². The lowest BCUT2D eigenvalue weighted by Gasteiger charge is -1.99. The molecule has 0 aliphatic carbocycles. The number of hydrogen-bond acceptors (Lipinski definition) is 4. The minimum atomic E-state index is 0.398. The molecule has 0 bridgehead atoms. The van der Waals surface area contributed by atoms with Crippen LogP contribution in [-0.4, -0.2) is 19.6 Å².